The Hall–Kier alpha value is -0.580. The maximum atomic E-state index is 9.16. The summed E-state index contributed by atoms with van der Waals surface area (Å²) in [5.41, 5.74) is 0. The molecule has 4 heteroatoms. The van der Waals surface area contributed by atoms with Crippen molar-refractivity contribution in [3.05, 3.63) is 12.3 Å². The van der Waals surface area contributed by atoms with Gasteiger partial charge in [0.2, 0.25) is 0 Å². The topological polar surface area (TPSA) is 69.9 Å². The van der Waals surface area contributed by atoms with E-state index in [0.29, 0.717) is 0 Å². The molecule has 4 nitrogen and oxygen atoms in total. The standard InChI is InChI=1S/C7H12O4/c1-3-5(8)7(10)6(9)4(2)11-3/h4-10H,1H2,2H3/t4-,5-,6-,7-/m1/s1. The van der Waals surface area contributed by atoms with Gasteiger partial charge in [0.25, 0.3) is 0 Å². The second kappa shape index (κ2) is 2.81. The lowest BCUT2D eigenvalue weighted by atomic mass is 9.99. The minimum absolute atomic E-state index is 0.107. The predicted octanol–water partition coefficient (Wildman–Crippen LogP) is -0.999. The van der Waals surface area contributed by atoms with Gasteiger partial charge in [-0.1, -0.05) is 6.58 Å². The molecule has 1 rings (SSSR count). The maximum Gasteiger partial charge on any atom is 0.139 e. The molecule has 0 bridgehead atoms. The summed E-state index contributed by atoms with van der Waals surface area (Å²) in [5, 5.41) is 27.4. The molecule has 1 aliphatic rings. The van der Waals surface area contributed by atoms with E-state index in [4.69, 9.17) is 20.1 Å². The third kappa shape index (κ3) is 1.38. The van der Waals surface area contributed by atoms with Crippen LogP contribution < -0.4 is 0 Å². The van der Waals surface area contributed by atoms with E-state index < -0.39 is 24.4 Å². The lowest BCUT2D eigenvalue weighted by molar-refractivity contribution is -0.149. The molecule has 4 atom stereocenters. The SMILES string of the molecule is C=C1O[C@H](C)[C@@H](O)[C@H](O)[C@@H]1O. The first-order valence-electron chi connectivity index (χ1n) is 3.43. The molecule has 1 fully saturated rings. The summed E-state index contributed by atoms with van der Waals surface area (Å²) in [6, 6.07) is 0. The Bertz CT molecular complexity index is 168. The van der Waals surface area contributed by atoms with Gasteiger partial charge in [0.05, 0.1) is 0 Å². The summed E-state index contributed by atoms with van der Waals surface area (Å²) in [7, 11) is 0. The Balaban J connectivity index is 2.70. The van der Waals surface area contributed by atoms with Crippen LogP contribution in [0, 0.1) is 0 Å². The quantitative estimate of drug-likeness (QED) is 0.425. The number of hydrogen-bond donors (Lipinski definition) is 3. The van der Waals surface area contributed by atoms with Crippen LogP contribution in [0.3, 0.4) is 0 Å². The number of aliphatic hydroxyl groups is 3. The average Bonchev–Trinajstić information content (AvgIpc) is 1.97. The van der Waals surface area contributed by atoms with Crippen molar-refractivity contribution in [1.82, 2.24) is 0 Å². The molecule has 1 aliphatic heterocycles. The van der Waals surface area contributed by atoms with E-state index in [1.807, 2.05) is 0 Å². The maximum absolute atomic E-state index is 9.16. The van der Waals surface area contributed by atoms with Gasteiger partial charge in [0.15, 0.2) is 0 Å². The van der Waals surface area contributed by atoms with Crippen LogP contribution >= 0.6 is 0 Å². The fraction of sp³-hybridized carbons (Fsp3) is 0.714. The monoisotopic (exact) mass is 160 g/mol. The average molecular weight is 160 g/mol. The van der Waals surface area contributed by atoms with Crippen LogP contribution in [0.2, 0.25) is 0 Å². The third-order valence-corrected chi connectivity index (χ3v) is 1.82. The van der Waals surface area contributed by atoms with Gasteiger partial charge in [-0.2, -0.15) is 0 Å². The van der Waals surface area contributed by atoms with Crippen molar-refractivity contribution >= 4 is 0 Å². The van der Waals surface area contributed by atoms with Crippen LogP contribution in [0.1, 0.15) is 6.92 Å². The van der Waals surface area contributed by atoms with E-state index in [1.165, 1.54) is 0 Å². The Morgan fingerprint density at radius 3 is 2.36 bits per heavy atom. The molecule has 1 saturated heterocycles. The highest BCUT2D eigenvalue weighted by Crippen LogP contribution is 2.21. The molecule has 0 saturated carbocycles. The van der Waals surface area contributed by atoms with Gasteiger partial charge in [0, 0.05) is 0 Å². The van der Waals surface area contributed by atoms with Crippen LogP contribution in [0.5, 0.6) is 0 Å². The molecule has 0 aromatic rings. The number of ether oxygens (including phenoxy) is 1. The van der Waals surface area contributed by atoms with E-state index in [9.17, 15) is 0 Å². The zero-order valence-corrected chi connectivity index (χ0v) is 6.27. The van der Waals surface area contributed by atoms with E-state index in [1.54, 1.807) is 6.92 Å². The minimum atomic E-state index is -1.19. The van der Waals surface area contributed by atoms with E-state index >= 15 is 0 Å². The normalized spacial score (nSPS) is 45.3. The lowest BCUT2D eigenvalue weighted by Crippen LogP contribution is -2.50. The predicted molar refractivity (Wildman–Crippen MR) is 37.7 cm³/mol. The van der Waals surface area contributed by atoms with Crippen LogP contribution in [-0.4, -0.2) is 39.7 Å². The van der Waals surface area contributed by atoms with Crippen LogP contribution in [0.15, 0.2) is 12.3 Å². The number of hydrogen-bond acceptors (Lipinski definition) is 4. The summed E-state index contributed by atoms with van der Waals surface area (Å²) in [6.07, 6.45) is -3.93. The van der Waals surface area contributed by atoms with Crippen LogP contribution in [0.4, 0.5) is 0 Å². The summed E-state index contributed by atoms with van der Waals surface area (Å²) < 4.78 is 4.93. The molecule has 0 unspecified atom stereocenters. The molecule has 0 radical (unpaired) electrons. The molecule has 0 amide bonds. The number of rotatable bonds is 0. The van der Waals surface area contributed by atoms with E-state index in [-0.39, 0.29) is 5.76 Å². The summed E-state index contributed by atoms with van der Waals surface area (Å²) in [4.78, 5) is 0. The first-order valence-corrected chi connectivity index (χ1v) is 3.43. The van der Waals surface area contributed by atoms with Crippen molar-refractivity contribution < 1.29 is 20.1 Å². The Morgan fingerprint density at radius 1 is 1.27 bits per heavy atom. The fourth-order valence-electron chi connectivity index (χ4n) is 1.03. The van der Waals surface area contributed by atoms with E-state index in [0.717, 1.165) is 0 Å². The fourth-order valence-corrected chi connectivity index (χ4v) is 1.03. The second-order valence-electron chi connectivity index (χ2n) is 2.72. The van der Waals surface area contributed by atoms with Gasteiger partial charge in [-0.25, -0.2) is 0 Å². The van der Waals surface area contributed by atoms with Crippen molar-refractivity contribution in [3.8, 4) is 0 Å². The van der Waals surface area contributed by atoms with Gasteiger partial charge < -0.3 is 20.1 Å². The third-order valence-electron chi connectivity index (χ3n) is 1.82. The summed E-state index contributed by atoms with van der Waals surface area (Å²) in [6.45, 7) is 4.99. The van der Waals surface area contributed by atoms with Crippen LogP contribution in [-0.2, 0) is 4.74 Å². The lowest BCUT2D eigenvalue weighted by Gasteiger charge is -2.35. The number of aliphatic hydroxyl groups excluding tert-OH is 3. The molecular weight excluding hydrogens is 148 g/mol. The van der Waals surface area contributed by atoms with Crippen LogP contribution in [0.25, 0.3) is 0 Å². The minimum Gasteiger partial charge on any atom is -0.490 e. The van der Waals surface area contributed by atoms with Crippen molar-refractivity contribution in [2.45, 2.75) is 31.3 Å². The largest absolute Gasteiger partial charge is 0.490 e. The molecular formula is C7H12O4. The summed E-state index contributed by atoms with van der Waals surface area (Å²) in [5.74, 6) is 0.107. The highest BCUT2D eigenvalue weighted by Gasteiger charge is 2.37. The van der Waals surface area contributed by atoms with E-state index in [2.05, 4.69) is 6.58 Å². The zero-order valence-electron chi connectivity index (χ0n) is 6.27. The molecule has 0 spiro atoms. The molecule has 1 heterocycles. The summed E-state index contributed by atoms with van der Waals surface area (Å²) >= 11 is 0. The highest BCUT2D eigenvalue weighted by molar-refractivity contribution is 5.03. The van der Waals surface area contributed by atoms with Gasteiger partial charge in [-0.15, -0.1) is 0 Å². The van der Waals surface area contributed by atoms with Crippen molar-refractivity contribution in [3.63, 3.8) is 0 Å². The second-order valence-corrected chi connectivity index (χ2v) is 2.72. The highest BCUT2D eigenvalue weighted by atomic mass is 16.5. The smallest absolute Gasteiger partial charge is 0.139 e. The molecule has 11 heavy (non-hydrogen) atoms. The Labute approximate surface area is 64.7 Å². The Morgan fingerprint density at radius 2 is 1.82 bits per heavy atom. The van der Waals surface area contributed by atoms with Gasteiger partial charge >= 0.3 is 0 Å². The Kier molecular flexibility index (Phi) is 2.17. The molecule has 3 N–H and O–H groups in total. The van der Waals surface area contributed by atoms with Gasteiger partial charge in [0.1, 0.15) is 30.2 Å². The molecule has 0 aromatic carbocycles. The van der Waals surface area contributed by atoms with Crippen molar-refractivity contribution in [2.24, 2.45) is 0 Å². The van der Waals surface area contributed by atoms with Gasteiger partial charge in [-0.3, -0.25) is 0 Å². The zero-order chi connectivity index (χ0) is 8.59. The van der Waals surface area contributed by atoms with Gasteiger partial charge in [-0.05, 0) is 6.92 Å². The first-order chi connectivity index (χ1) is 5.04. The molecule has 0 aromatic heterocycles. The first kappa shape index (κ1) is 8.52. The molecule has 0 aliphatic carbocycles. The van der Waals surface area contributed by atoms with Crippen molar-refractivity contribution in [2.75, 3.05) is 0 Å². The van der Waals surface area contributed by atoms with Crippen molar-refractivity contribution in [1.29, 1.82) is 0 Å². The molecule has 64 valence electrons.